The summed E-state index contributed by atoms with van der Waals surface area (Å²) in [5.74, 6) is 0.548. The summed E-state index contributed by atoms with van der Waals surface area (Å²) in [5.41, 5.74) is 3.32. The zero-order chi connectivity index (χ0) is 21.4. The first-order chi connectivity index (χ1) is 15.1. The van der Waals surface area contributed by atoms with Gasteiger partial charge in [0.15, 0.2) is 0 Å². The Balaban J connectivity index is 1.55. The summed E-state index contributed by atoms with van der Waals surface area (Å²) in [7, 11) is 0. The van der Waals surface area contributed by atoms with Crippen LogP contribution in [0.5, 0.6) is 5.88 Å². The number of para-hydroxylation sites is 1. The third kappa shape index (κ3) is 3.49. The van der Waals surface area contributed by atoms with Gasteiger partial charge in [0.25, 0.3) is 0 Å². The van der Waals surface area contributed by atoms with Gasteiger partial charge < -0.3 is 10.4 Å². The van der Waals surface area contributed by atoms with Gasteiger partial charge in [0.05, 0.1) is 5.69 Å². The molecule has 2 aromatic heterocycles. The van der Waals surface area contributed by atoms with Crippen LogP contribution >= 0.6 is 11.6 Å². The van der Waals surface area contributed by atoms with Crippen LogP contribution in [0.15, 0.2) is 72.9 Å². The third-order valence-electron chi connectivity index (χ3n) is 5.16. The average molecular weight is 432 g/mol. The molecule has 0 unspecified atom stereocenters. The first kappa shape index (κ1) is 19.1. The normalized spacial score (nSPS) is 12.6. The minimum Gasteiger partial charge on any atom is -0.493 e. The molecule has 2 amide bonds. The molecule has 7 nitrogen and oxygen atoms in total. The summed E-state index contributed by atoms with van der Waals surface area (Å²) in [4.78, 5) is 19.1. The Kier molecular flexibility index (Phi) is 4.80. The lowest BCUT2D eigenvalue weighted by atomic mass is 10.1. The van der Waals surface area contributed by atoms with E-state index in [9.17, 15) is 9.90 Å². The highest BCUT2D eigenvalue weighted by Gasteiger charge is 2.30. The molecule has 0 atom stereocenters. The van der Waals surface area contributed by atoms with E-state index in [-0.39, 0.29) is 11.9 Å². The molecule has 2 aromatic carbocycles. The first-order valence-electron chi connectivity index (χ1n) is 9.77. The molecule has 5 rings (SSSR count). The summed E-state index contributed by atoms with van der Waals surface area (Å²) in [6, 6.07) is 19.7. The number of nitrogens with zero attached hydrogens (tertiary/aromatic N) is 4. The van der Waals surface area contributed by atoms with Gasteiger partial charge in [-0.15, -0.1) is 0 Å². The van der Waals surface area contributed by atoms with Crippen LogP contribution in [-0.4, -0.2) is 32.4 Å². The number of rotatable bonds is 2. The van der Waals surface area contributed by atoms with Crippen LogP contribution in [0.4, 0.5) is 16.3 Å². The fourth-order valence-electron chi connectivity index (χ4n) is 3.72. The van der Waals surface area contributed by atoms with Crippen LogP contribution in [0.1, 0.15) is 5.56 Å². The van der Waals surface area contributed by atoms with Crippen molar-refractivity contribution < 1.29 is 9.90 Å². The number of hydrogen-bond donors (Lipinski definition) is 2. The molecule has 2 N–H and O–H groups in total. The lowest BCUT2D eigenvalue weighted by Crippen LogP contribution is -2.36. The van der Waals surface area contributed by atoms with Crippen LogP contribution in [0.25, 0.3) is 16.9 Å². The van der Waals surface area contributed by atoms with Crippen molar-refractivity contribution in [2.45, 2.75) is 6.42 Å². The molecular weight excluding hydrogens is 414 g/mol. The fourth-order valence-corrected chi connectivity index (χ4v) is 3.91. The van der Waals surface area contributed by atoms with Crippen LogP contribution in [0.2, 0.25) is 5.02 Å². The second-order valence-electron chi connectivity index (χ2n) is 7.11. The van der Waals surface area contributed by atoms with Gasteiger partial charge in [-0.2, -0.15) is 5.10 Å². The van der Waals surface area contributed by atoms with Crippen molar-refractivity contribution >= 4 is 29.1 Å². The number of carbonyl (C=O) groups excluding carboxylic acids is 1. The van der Waals surface area contributed by atoms with Crippen molar-refractivity contribution in [2.75, 3.05) is 16.8 Å². The molecule has 0 saturated carbocycles. The number of benzene rings is 2. The smallest absolute Gasteiger partial charge is 0.327 e. The van der Waals surface area contributed by atoms with Gasteiger partial charge in [0.1, 0.15) is 11.5 Å². The molecule has 1 aliphatic heterocycles. The van der Waals surface area contributed by atoms with E-state index in [1.165, 1.54) is 4.68 Å². The lowest BCUT2D eigenvalue weighted by molar-refractivity contribution is 0.257. The number of pyridine rings is 1. The molecule has 0 aliphatic carbocycles. The van der Waals surface area contributed by atoms with Gasteiger partial charge in [-0.1, -0.05) is 35.9 Å². The van der Waals surface area contributed by atoms with Gasteiger partial charge in [-0.05, 0) is 48.9 Å². The summed E-state index contributed by atoms with van der Waals surface area (Å²) < 4.78 is 1.52. The number of aromatic nitrogens is 3. The lowest BCUT2D eigenvalue weighted by Gasteiger charge is -2.22. The van der Waals surface area contributed by atoms with Gasteiger partial charge >= 0.3 is 6.03 Å². The third-order valence-corrected chi connectivity index (χ3v) is 5.40. The summed E-state index contributed by atoms with van der Waals surface area (Å²) >= 11 is 6.03. The minimum atomic E-state index is -0.331. The Hall–Kier alpha value is -3.84. The largest absolute Gasteiger partial charge is 0.493 e. The molecule has 0 saturated heterocycles. The zero-order valence-corrected chi connectivity index (χ0v) is 17.1. The summed E-state index contributed by atoms with van der Waals surface area (Å²) in [6.45, 7) is 0.331. The summed E-state index contributed by atoms with van der Waals surface area (Å²) in [6.07, 6.45) is 2.06. The number of fused-ring (bicyclic) bond motifs is 3. The average Bonchev–Trinajstić information content (AvgIpc) is 3.01. The molecule has 3 heterocycles. The van der Waals surface area contributed by atoms with Crippen LogP contribution < -0.4 is 10.2 Å². The Morgan fingerprint density at radius 3 is 2.71 bits per heavy atom. The SMILES string of the molecule is O=C(Nc1cccc(Cl)c1)N1CCc2c(nn(-c3ccccc3)c2O)-c2cccnc21. The molecule has 4 aromatic rings. The van der Waals surface area contributed by atoms with Crippen LogP contribution in [-0.2, 0) is 6.42 Å². The topological polar surface area (TPSA) is 83.3 Å². The van der Waals surface area contributed by atoms with E-state index in [0.29, 0.717) is 46.3 Å². The molecule has 154 valence electrons. The molecule has 0 fully saturated rings. The number of urea groups is 1. The maximum absolute atomic E-state index is 13.1. The fraction of sp³-hybridized carbons (Fsp3) is 0.0870. The molecule has 1 aliphatic rings. The van der Waals surface area contributed by atoms with Gasteiger partial charge in [0, 0.05) is 34.6 Å². The van der Waals surface area contributed by atoms with Gasteiger partial charge in [0.2, 0.25) is 5.88 Å². The van der Waals surface area contributed by atoms with Crippen molar-refractivity contribution in [2.24, 2.45) is 0 Å². The number of aromatic hydroxyl groups is 1. The molecule has 0 radical (unpaired) electrons. The predicted octanol–water partition coefficient (Wildman–Crippen LogP) is 4.89. The number of amides is 2. The standard InChI is InChI=1S/C23H18ClN5O2/c24-15-6-4-7-16(14-15)26-23(31)28-13-11-19-20(18-10-5-12-25-21(18)28)27-29(22(19)30)17-8-2-1-3-9-17/h1-10,12,14,30H,11,13H2,(H,26,31). The second-order valence-corrected chi connectivity index (χ2v) is 7.55. The maximum atomic E-state index is 13.1. The first-order valence-corrected chi connectivity index (χ1v) is 10.2. The van der Waals surface area contributed by atoms with Crippen LogP contribution in [0, 0.1) is 0 Å². The van der Waals surface area contributed by atoms with Crippen molar-refractivity contribution in [3.05, 3.63) is 83.5 Å². The van der Waals surface area contributed by atoms with E-state index in [4.69, 9.17) is 11.6 Å². The molecule has 31 heavy (non-hydrogen) atoms. The van der Waals surface area contributed by atoms with Crippen molar-refractivity contribution in [1.82, 2.24) is 14.8 Å². The Labute approximate surface area is 183 Å². The highest BCUT2D eigenvalue weighted by Crippen LogP contribution is 2.39. The van der Waals surface area contributed by atoms with Crippen molar-refractivity contribution in [1.29, 1.82) is 0 Å². The quantitative estimate of drug-likeness (QED) is 0.473. The molecule has 0 spiro atoms. The molecular formula is C23H18ClN5O2. The van der Waals surface area contributed by atoms with E-state index in [1.54, 1.807) is 41.4 Å². The monoisotopic (exact) mass is 431 g/mol. The number of nitrogens with one attached hydrogen (secondary N) is 1. The van der Waals surface area contributed by atoms with Crippen molar-refractivity contribution in [3.63, 3.8) is 0 Å². The van der Waals surface area contributed by atoms with E-state index < -0.39 is 0 Å². The number of carbonyl (C=O) groups is 1. The van der Waals surface area contributed by atoms with Gasteiger partial charge in [-0.25, -0.2) is 14.5 Å². The minimum absolute atomic E-state index is 0.0631. The molecule has 0 bridgehead atoms. The number of halogens is 1. The Morgan fingerprint density at radius 2 is 1.90 bits per heavy atom. The molecule has 8 heteroatoms. The van der Waals surface area contributed by atoms with Crippen LogP contribution in [0.3, 0.4) is 0 Å². The second kappa shape index (κ2) is 7.77. The summed E-state index contributed by atoms with van der Waals surface area (Å²) in [5, 5.41) is 19.0. The highest BCUT2D eigenvalue weighted by atomic mass is 35.5. The maximum Gasteiger partial charge on any atom is 0.327 e. The predicted molar refractivity (Wildman–Crippen MR) is 120 cm³/mol. The number of anilines is 2. The van der Waals surface area contributed by atoms with Gasteiger partial charge in [-0.3, -0.25) is 4.90 Å². The Bertz CT molecular complexity index is 1270. The van der Waals surface area contributed by atoms with E-state index >= 15 is 0 Å². The van der Waals surface area contributed by atoms with E-state index in [0.717, 1.165) is 5.69 Å². The zero-order valence-electron chi connectivity index (χ0n) is 16.4. The Morgan fingerprint density at radius 1 is 1.06 bits per heavy atom. The van der Waals surface area contributed by atoms with E-state index in [1.807, 2.05) is 36.4 Å². The van der Waals surface area contributed by atoms with Crippen molar-refractivity contribution in [3.8, 4) is 22.8 Å². The number of hydrogen-bond acceptors (Lipinski definition) is 4. The van der Waals surface area contributed by atoms with E-state index in [2.05, 4.69) is 15.4 Å². The highest BCUT2D eigenvalue weighted by molar-refractivity contribution is 6.30.